The third-order valence-corrected chi connectivity index (χ3v) is 10.7. The van der Waals surface area contributed by atoms with Crippen molar-refractivity contribution in [3.8, 4) is 61.7 Å². The maximum Gasteiger partial charge on any atom is 0.404 e. The number of ether oxygens (including phenoxy) is 1. The van der Waals surface area contributed by atoms with E-state index in [9.17, 15) is 4.79 Å². The van der Waals surface area contributed by atoms with E-state index in [2.05, 4.69) is 179 Å². The second kappa shape index (κ2) is 12.5. The number of fused-ring (bicyclic) bond motifs is 8. The molecule has 8 aromatic rings. The molecule has 0 N–H and O–H groups in total. The Morgan fingerprint density at radius 3 is 2.15 bits per heavy atom. The Kier molecular flexibility index (Phi) is 7.32. The topological polar surface area (TPSA) is 37.9 Å². The quantitative estimate of drug-likeness (QED) is 0.135. The minimum absolute atomic E-state index is 0.231. The van der Waals surface area contributed by atoms with Crippen molar-refractivity contribution in [1.82, 2.24) is 0 Å². The normalized spacial score (nSPS) is 13.0. The fourth-order valence-electron chi connectivity index (χ4n) is 8.15. The van der Waals surface area contributed by atoms with E-state index in [0.29, 0.717) is 18.8 Å². The summed E-state index contributed by atoms with van der Waals surface area (Å²) >= 11 is 0. The minimum atomic E-state index is -0.355. The Morgan fingerprint density at radius 1 is 0.547 bits per heavy atom. The lowest BCUT2D eigenvalue weighted by Gasteiger charge is -2.18. The van der Waals surface area contributed by atoms with Crippen LogP contribution in [0.3, 0.4) is 0 Å². The van der Waals surface area contributed by atoms with Crippen LogP contribution in [-0.2, 0) is 17.8 Å². The molecule has 5 nitrogen and oxygen atoms in total. The molecule has 0 unspecified atom stereocenters. The van der Waals surface area contributed by atoms with E-state index in [1.165, 1.54) is 5.56 Å². The molecule has 5 heterocycles. The Labute approximate surface area is 308 Å². The Balaban J connectivity index is 1.45. The molecule has 53 heavy (non-hydrogen) atoms. The number of aryl methyl sites for hydroxylation is 1. The van der Waals surface area contributed by atoms with Crippen molar-refractivity contribution in [3.05, 3.63) is 181 Å². The van der Waals surface area contributed by atoms with E-state index >= 15 is 0 Å². The van der Waals surface area contributed by atoms with Crippen molar-refractivity contribution in [3.63, 3.8) is 0 Å². The number of benzene rings is 5. The fourth-order valence-corrected chi connectivity index (χ4v) is 8.15. The number of aromatic nitrogens is 3. The van der Waals surface area contributed by atoms with Crippen LogP contribution >= 0.6 is 0 Å². The van der Waals surface area contributed by atoms with Gasteiger partial charge in [-0.05, 0) is 64.9 Å². The van der Waals surface area contributed by atoms with Crippen LogP contribution in [0.15, 0.2) is 164 Å². The number of pyridine rings is 3. The predicted octanol–water partition coefficient (Wildman–Crippen LogP) is 8.87. The van der Waals surface area contributed by atoms with Crippen LogP contribution in [-0.4, -0.2) is 12.6 Å². The molecule has 5 aromatic carbocycles. The van der Waals surface area contributed by atoms with E-state index in [4.69, 9.17) is 4.74 Å². The summed E-state index contributed by atoms with van der Waals surface area (Å²) in [5, 5.41) is 2.28. The van der Waals surface area contributed by atoms with Crippen LogP contribution in [0.25, 0.3) is 72.5 Å². The van der Waals surface area contributed by atoms with E-state index in [0.717, 1.165) is 78.0 Å². The molecule has 2 aliphatic heterocycles. The van der Waals surface area contributed by atoms with Gasteiger partial charge in [-0.15, -0.1) is 4.57 Å². The van der Waals surface area contributed by atoms with Gasteiger partial charge >= 0.3 is 5.97 Å². The number of nitrogens with zero attached hydrogens (tertiary/aromatic N) is 3. The average Bonchev–Trinajstić information content (AvgIpc) is 3.25. The highest BCUT2D eigenvalue weighted by molar-refractivity contribution is 5.98. The van der Waals surface area contributed by atoms with Crippen LogP contribution in [0, 0.1) is 6.92 Å². The molecule has 252 valence electrons. The SMILES string of the molecule is Cc1ccc(-c2cc3[n+]4c(c2)-c2ccccc2C[n+]2ccccc2-c2cc(-c5ccccc5)cc(c2-4)-c2c4ccccc4cc[n+]2CCOC3=O)cc1. The molecule has 0 atom stereocenters. The van der Waals surface area contributed by atoms with Crippen LogP contribution in [0.4, 0.5) is 0 Å². The van der Waals surface area contributed by atoms with Crippen LogP contribution in [0.1, 0.15) is 21.6 Å². The molecule has 0 amide bonds. The Bertz CT molecular complexity index is 2750. The standard InChI is InChI=1S/C48H36N3O2/c1-32-18-20-34(21-19-32)38-29-44-39-15-7-6-14-36(39)31-50-23-10-9-17-43(50)41-27-37(33-11-3-2-4-12-33)28-42-46-40-16-8-5-13-35(40)22-24-49(46)25-26-53-48(52)45(30-38)51(44)47(41)42/h2-24,27-30H,25-26,31H2,1H3/q+3. The molecular weight excluding hydrogens is 651 g/mol. The largest absolute Gasteiger partial charge is 0.451 e. The molecular formula is C48H36N3O2+3. The third kappa shape index (κ3) is 5.24. The van der Waals surface area contributed by atoms with Crippen LogP contribution < -0.4 is 13.7 Å². The van der Waals surface area contributed by atoms with Crippen molar-refractivity contribution in [1.29, 1.82) is 0 Å². The molecule has 3 aromatic heterocycles. The zero-order valence-corrected chi connectivity index (χ0v) is 29.4. The van der Waals surface area contributed by atoms with Gasteiger partial charge in [0.05, 0.1) is 10.9 Å². The Hall–Kier alpha value is -6.72. The summed E-state index contributed by atoms with van der Waals surface area (Å²) in [5.74, 6) is -0.355. The summed E-state index contributed by atoms with van der Waals surface area (Å²) in [5.41, 5.74) is 14.2. The average molecular weight is 687 g/mol. The van der Waals surface area contributed by atoms with E-state index in [1.807, 2.05) is 6.07 Å². The van der Waals surface area contributed by atoms with E-state index in [-0.39, 0.29) is 12.6 Å². The number of carbonyl (C=O) groups is 1. The highest BCUT2D eigenvalue weighted by Crippen LogP contribution is 2.41. The minimum Gasteiger partial charge on any atom is -0.451 e. The van der Waals surface area contributed by atoms with Gasteiger partial charge in [0.15, 0.2) is 32.1 Å². The second-order valence-corrected chi connectivity index (χ2v) is 14.0. The van der Waals surface area contributed by atoms with E-state index in [1.54, 1.807) is 0 Å². The summed E-state index contributed by atoms with van der Waals surface area (Å²) in [4.78, 5) is 14.7. The summed E-state index contributed by atoms with van der Waals surface area (Å²) in [7, 11) is 0. The van der Waals surface area contributed by atoms with Crippen molar-refractivity contribution in [2.45, 2.75) is 20.0 Å². The Morgan fingerprint density at radius 2 is 1.26 bits per heavy atom. The molecule has 0 saturated heterocycles. The van der Waals surface area contributed by atoms with Gasteiger partial charge in [0.2, 0.25) is 22.8 Å². The molecule has 0 aliphatic carbocycles. The molecule has 2 aliphatic rings. The number of cyclic esters (lactones) is 1. The summed E-state index contributed by atoms with van der Waals surface area (Å²) in [6.07, 6.45) is 4.30. The van der Waals surface area contributed by atoms with Gasteiger partial charge in [0.25, 0.3) is 5.69 Å². The molecule has 0 saturated carbocycles. The summed E-state index contributed by atoms with van der Waals surface area (Å²) in [6, 6.07) is 53.8. The van der Waals surface area contributed by atoms with Gasteiger partial charge in [-0.3, -0.25) is 0 Å². The summed E-state index contributed by atoms with van der Waals surface area (Å²) < 4.78 is 13.0. The zero-order valence-electron chi connectivity index (χ0n) is 29.4. The maximum atomic E-state index is 14.7. The van der Waals surface area contributed by atoms with Crippen molar-refractivity contribution in [2.75, 3.05) is 6.61 Å². The van der Waals surface area contributed by atoms with Gasteiger partial charge in [-0.2, -0.15) is 9.13 Å². The number of hydrogen-bond acceptors (Lipinski definition) is 2. The van der Waals surface area contributed by atoms with Crippen LogP contribution in [0.5, 0.6) is 0 Å². The lowest BCUT2D eigenvalue weighted by molar-refractivity contribution is -0.687. The van der Waals surface area contributed by atoms with Gasteiger partial charge in [0.1, 0.15) is 11.1 Å². The summed E-state index contributed by atoms with van der Waals surface area (Å²) in [6.45, 7) is 3.49. The van der Waals surface area contributed by atoms with E-state index < -0.39 is 0 Å². The molecule has 0 fully saturated rings. The molecule has 5 heteroatoms. The first kappa shape index (κ1) is 31.1. The first-order chi connectivity index (χ1) is 26.1. The van der Waals surface area contributed by atoms with Crippen molar-refractivity contribution in [2.24, 2.45) is 0 Å². The van der Waals surface area contributed by atoms with Gasteiger partial charge in [0, 0.05) is 35.9 Å². The lowest BCUT2D eigenvalue weighted by Crippen LogP contribution is -2.46. The van der Waals surface area contributed by atoms with Crippen molar-refractivity contribution < 1.29 is 23.2 Å². The highest BCUT2D eigenvalue weighted by atomic mass is 16.5. The third-order valence-electron chi connectivity index (χ3n) is 10.7. The zero-order chi connectivity index (χ0) is 35.5. The fraction of sp³-hybridized carbons (Fsp3) is 0.0833. The van der Waals surface area contributed by atoms with Gasteiger partial charge < -0.3 is 4.74 Å². The van der Waals surface area contributed by atoms with Crippen molar-refractivity contribution >= 4 is 16.7 Å². The van der Waals surface area contributed by atoms with Crippen LogP contribution in [0.2, 0.25) is 0 Å². The number of hydrogen-bond donors (Lipinski definition) is 0. The number of carbonyl (C=O) groups excluding carboxylic acids is 1. The molecule has 10 rings (SSSR count). The first-order valence-electron chi connectivity index (χ1n) is 18.2. The monoisotopic (exact) mass is 686 g/mol. The molecule has 0 radical (unpaired) electrons. The lowest BCUT2D eigenvalue weighted by atomic mass is 9.91. The highest BCUT2D eigenvalue weighted by Gasteiger charge is 2.41. The molecule has 0 bridgehead atoms. The van der Waals surface area contributed by atoms with Gasteiger partial charge in [-0.1, -0.05) is 96.6 Å². The maximum absolute atomic E-state index is 14.7. The smallest absolute Gasteiger partial charge is 0.404 e. The second-order valence-electron chi connectivity index (χ2n) is 14.0. The number of rotatable bonds is 2. The first-order valence-corrected chi connectivity index (χ1v) is 18.2. The van der Waals surface area contributed by atoms with Gasteiger partial charge in [-0.25, -0.2) is 4.79 Å². The predicted molar refractivity (Wildman–Crippen MR) is 207 cm³/mol. The number of esters is 1. The molecule has 0 spiro atoms.